The van der Waals surface area contributed by atoms with Crippen LogP contribution in [-0.2, 0) is 16.0 Å². The highest BCUT2D eigenvalue weighted by Gasteiger charge is 2.17. The van der Waals surface area contributed by atoms with Crippen LogP contribution in [0.1, 0.15) is 43.2 Å². The molecule has 2 heterocycles. The molecule has 1 saturated heterocycles. The molecular formula is C28H38N4O3. The van der Waals surface area contributed by atoms with E-state index in [-0.39, 0.29) is 11.8 Å². The van der Waals surface area contributed by atoms with Crippen LogP contribution in [0.25, 0.3) is 0 Å². The van der Waals surface area contributed by atoms with E-state index in [1.807, 2.05) is 18.2 Å². The third-order valence-corrected chi connectivity index (χ3v) is 6.75. The molecule has 2 amide bonds. The molecule has 0 atom stereocenters. The molecule has 35 heavy (non-hydrogen) atoms. The Kier molecular flexibility index (Phi) is 9.01. The summed E-state index contributed by atoms with van der Waals surface area (Å²) in [6.07, 6.45) is 4.52. The summed E-state index contributed by atoms with van der Waals surface area (Å²) in [5, 5.41) is 5.91. The van der Waals surface area contributed by atoms with Crippen molar-refractivity contribution in [3.63, 3.8) is 0 Å². The maximum Gasteiger partial charge on any atom is 0.224 e. The van der Waals surface area contributed by atoms with Gasteiger partial charge in [0.05, 0.1) is 6.61 Å². The summed E-state index contributed by atoms with van der Waals surface area (Å²) in [4.78, 5) is 28.6. The summed E-state index contributed by atoms with van der Waals surface area (Å²) in [6, 6.07) is 14.5. The fraction of sp³-hybridized carbons (Fsp3) is 0.500. The molecule has 2 aliphatic rings. The predicted molar refractivity (Wildman–Crippen MR) is 140 cm³/mol. The van der Waals surface area contributed by atoms with Crippen LogP contribution in [0.15, 0.2) is 42.5 Å². The van der Waals surface area contributed by atoms with E-state index in [0.717, 1.165) is 75.5 Å². The van der Waals surface area contributed by atoms with Gasteiger partial charge in [-0.15, -0.1) is 0 Å². The minimum Gasteiger partial charge on any atom is -0.494 e. The number of rotatable bonds is 11. The highest BCUT2D eigenvalue weighted by Crippen LogP contribution is 2.27. The zero-order valence-electron chi connectivity index (χ0n) is 20.9. The Hall–Kier alpha value is -3.06. The molecule has 0 aliphatic carbocycles. The van der Waals surface area contributed by atoms with E-state index >= 15 is 0 Å². The van der Waals surface area contributed by atoms with Gasteiger partial charge in [-0.05, 0) is 80.6 Å². The number of hydrogen-bond acceptors (Lipinski definition) is 5. The smallest absolute Gasteiger partial charge is 0.224 e. The first-order valence-corrected chi connectivity index (χ1v) is 12.9. The lowest BCUT2D eigenvalue weighted by atomic mass is 10.0. The minimum absolute atomic E-state index is 0.0638. The maximum absolute atomic E-state index is 12.1. The van der Waals surface area contributed by atoms with Gasteiger partial charge >= 0.3 is 0 Å². The van der Waals surface area contributed by atoms with E-state index in [1.165, 1.54) is 11.3 Å². The number of nitrogens with one attached hydrogen (secondary N) is 2. The van der Waals surface area contributed by atoms with Gasteiger partial charge in [0.2, 0.25) is 11.8 Å². The zero-order chi connectivity index (χ0) is 24.5. The monoisotopic (exact) mass is 478 g/mol. The van der Waals surface area contributed by atoms with Crippen LogP contribution < -0.4 is 20.3 Å². The summed E-state index contributed by atoms with van der Waals surface area (Å²) in [6.45, 7) is 8.82. The average molecular weight is 479 g/mol. The van der Waals surface area contributed by atoms with Crippen molar-refractivity contribution >= 4 is 23.2 Å². The number of ether oxygens (including phenoxy) is 1. The SMILES string of the molecule is Cc1cccc(N2CCN(CCCCNC(=O)CCCOc3ccc4c(c3)CCC(=O)N4)CC2)c1. The topological polar surface area (TPSA) is 73.9 Å². The molecule has 4 rings (SSSR count). The third kappa shape index (κ3) is 7.72. The molecule has 0 radical (unpaired) electrons. The van der Waals surface area contributed by atoms with Crippen molar-refractivity contribution in [2.75, 3.05) is 56.1 Å². The zero-order valence-corrected chi connectivity index (χ0v) is 20.9. The standard InChI is InChI=1S/C28H38N4O3/c1-22-6-4-7-24(20-22)32-17-15-31(16-18-32)14-3-2-13-29-27(33)8-5-19-35-25-10-11-26-23(21-25)9-12-28(34)30-26/h4,6-7,10-11,20-21H,2-3,5,8-9,12-19H2,1H3,(H,29,33)(H,30,34). The molecule has 0 saturated carbocycles. The molecule has 0 aromatic heterocycles. The molecule has 2 aliphatic heterocycles. The number of nitrogens with zero attached hydrogens (tertiary/aromatic N) is 2. The first-order valence-electron chi connectivity index (χ1n) is 12.9. The number of carbonyl (C=O) groups excluding carboxylic acids is 2. The molecule has 0 bridgehead atoms. The molecule has 7 nitrogen and oxygen atoms in total. The highest BCUT2D eigenvalue weighted by atomic mass is 16.5. The van der Waals surface area contributed by atoms with Crippen LogP contribution in [0.3, 0.4) is 0 Å². The van der Waals surface area contributed by atoms with E-state index in [2.05, 4.69) is 51.6 Å². The van der Waals surface area contributed by atoms with Gasteiger partial charge in [0.15, 0.2) is 0 Å². The van der Waals surface area contributed by atoms with Gasteiger partial charge in [0, 0.05) is 56.9 Å². The number of anilines is 2. The van der Waals surface area contributed by atoms with Crippen LogP contribution in [-0.4, -0.2) is 62.6 Å². The number of carbonyl (C=O) groups is 2. The van der Waals surface area contributed by atoms with Gasteiger partial charge in [-0.3, -0.25) is 14.5 Å². The van der Waals surface area contributed by atoms with Crippen LogP contribution in [0, 0.1) is 6.92 Å². The predicted octanol–water partition coefficient (Wildman–Crippen LogP) is 3.76. The van der Waals surface area contributed by atoms with Crippen LogP contribution >= 0.6 is 0 Å². The Morgan fingerprint density at radius 2 is 1.89 bits per heavy atom. The van der Waals surface area contributed by atoms with E-state index in [0.29, 0.717) is 25.9 Å². The summed E-state index contributed by atoms with van der Waals surface area (Å²) in [5.74, 6) is 0.947. The molecule has 188 valence electrons. The average Bonchev–Trinajstić information content (AvgIpc) is 2.87. The van der Waals surface area contributed by atoms with Crippen molar-refractivity contribution in [2.24, 2.45) is 0 Å². The largest absolute Gasteiger partial charge is 0.494 e. The maximum atomic E-state index is 12.1. The molecule has 7 heteroatoms. The minimum atomic E-state index is 0.0638. The number of piperazine rings is 1. The second kappa shape index (κ2) is 12.6. The number of hydrogen-bond donors (Lipinski definition) is 2. The van der Waals surface area contributed by atoms with Gasteiger partial charge in [0.25, 0.3) is 0 Å². The van der Waals surface area contributed by atoms with Crippen molar-refractivity contribution < 1.29 is 14.3 Å². The van der Waals surface area contributed by atoms with E-state index in [1.54, 1.807) is 0 Å². The van der Waals surface area contributed by atoms with Crippen LogP contribution in [0.4, 0.5) is 11.4 Å². The molecular weight excluding hydrogens is 440 g/mol. The van der Waals surface area contributed by atoms with Gasteiger partial charge in [-0.25, -0.2) is 0 Å². The number of unbranched alkanes of at least 4 members (excludes halogenated alkanes) is 1. The summed E-state index contributed by atoms with van der Waals surface area (Å²) in [7, 11) is 0. The van der Waals surface area contributed by atoms with Crippen molar-refractivity contribution in [2.45, 2.75) is 45.4 Å². The Labute approximate surface area is 208 Å². The Bertz CT molecular complexity index is 1000. The molecule has 1 fully saturated rings. The number of fused-ring (bicyclic) bond motifs is 1. The highest BCUT2D eigenvalue weighted by molar-refractivity contribution is 5.94. The summed E-state index contributed by atoms with van der Waals surface area (Å²) < 4.78 is 5.80. The lowest BCUT2D eigenvalue weighted by Gasteiger charge is -2.36. The quantitative estimate of drug-likeness (QED) is 0.481. The summed E-state index contributed by atoms with van der Waals surface area (Å²) in [5.41, 5.74) is 4.62. The molecule has 2 N–H and O–H groups in total. The molecule has 2 aromatic carbocycles. The first kappa shape index (κ1) is 25.0. The van der Waals surface area contributed by atoms with Crippen molar-refractivity contribution in [3.8, 4) is 5.75 Å². The van der Waals surface area contributed by atoms with Crippen LogP contribution in [0.5, 0.6) is 5.75 Å². The van der Waals surface area contributed by atoms with Gasteiger partial charge in [-0.1, -0.05) is 12.1 Å². The van der Waals surface area contributed by atoms with Gasteiger partial charge in [0.1, 0.15) is 5.75 Å². The first-order chi connectivity index (χ1) is 17.1. The molecule has 0 unspecified atom stereocenters. The van der Waals surface area contributed by atoms with Gasteiger partial charge in [-0.2, -0.15) is 0 Å². The summed E-state index contributed by atoms with van der Waals surface area (Å²) >= 11 is 0. The molecule has 0 spiro atoms. The Balaban J connectivity index is 1.02. The van der Waals surface area contributed by atoms with Crippen molar-refractivity contribution in [1.82, 2.24) is 10.2 Å². The van der Waals surface area contributed by atoms with Gasteiger partial charge < -0.3 is 20.3 Å². The van der Waals surface area contributed by atoms with E-state index in [4.69, 9.17) is 4.74 Å². The normalized spacial score (nSPS) is 15.9. The Morgan fingerprint density at radius 1 is 1.03 bits per heavy atom. The van der Waals surface area contributed by atoms with Crippen molar-refractivity contribution in [1.29, 1.82) is 0 Å². The van der Waals surface area contributed by atoms with E-state index < -0.39 is 0 Å². The fourth-order valence-electron chi connectivity index (χ4n) is 4.70. The number of aryl methyl sites for hydroxylation is 2. The second-order valence-corrected chi connectivity index (χ2v) is 9.54. The lowest BCUT2D eigenvalue weighted by Crippen LogP contribution is -2.46. The fourth-order valence-corrected chi connectivity index (χ4v) is 4.70. The van der Waals surface area contributed by atoms with E-state index in [9.17, 15) is 9.59 Å². The van der Waals surface area contributed by atoms with Crippen LogP contribution in [0.2, 0.25) is 0 Å². The second-order valence-electron chi connectivity index (χ2n) is 9.54. The van der Waals surface area contributed by atoms with Crippen molar-refractivity contribution in [3.05, 3.63) is 53.6 Å². The third-order valence-electron chi connectivity index (χ3n) is 6.75. The lowest BCUT2D eigenvalue weighted by molar-refractivity contribution is -0.121. The Morgan fingerprint density at radius 3 is 2.71 bits per heavy atom. The number of amides is 2. The molecule has 2 aromatic rings. The number of benzene rings is 2.